The Hall–Kier alpha value is -3.10. The molecule has 3 aromatic heterocycles. The molecule has 0 aliphatic carbocycles. The minimum Gasteiger partial charge on any atom is -0.296 e. The average Bonchev–Trinajstić information content (AvgIpc) is 3.04. The van der Waals surface area contributed by atoms with Gasteiger partial charge in [-0.15, -0.1) is 14.9 Å². The number of aromatic nitrogens is 6. The number of fused-ring (bicyclic) bond motifs is 1. The fourth-order valence-electron chi connectivity index (χ4n) is 1.74. The summed E-state index contributed by atoms with van der Waals surface area (Å²) in [6.07, 6.45) is 3.35. The molecule has 0 aliphatic rings. The number of hydrogen-bond acceptors (Lipinski definition) is 6. The lowest BCUT2D eigenvalue weighted by Gasteiger charge is -1.97. The molecule has 100 valence electrons. The maximum absolute atomic E-state index is 12.0. The van der Waals surface area contributed by atoms with E-state index in [-0.39, 0.29) is 12.2 Å². The first-order chi connectivity index (χ1) is 9.69. The van der Waals surface area contributed by atoms with Crippen LogP contribution in [0.2, 0.25) is 0 Å². The van der Waals surface area contributed by atoms with E-state index in [9.17, 15) is 14.4 Å². The molecule has 0 amide bonds. The standard InChI is InChI=1S/C11H8N6O3/c18-7-8-5-15(14-12-8)6-10(19)17-11(20)16-4-2-1-3-9(16)13-17/h1-5,7H,6H2. The number of nitrogens with zero attached hydrogens (tertiary/aromatic N) is 6. The van der Waals surface area contributed by atoms with Gasteiger partial charge in [0.25, 0.3) is 5.91 Å². The second-order valence-corrected chi connectivity index (χ2v) is 3.98. The zero-order valence-corrected chi connectivity index (χ0v) is 10.1. The van der Waals surface area contributed by atoms with Gasteiger partial charge in [0.2, 0.25) is 0 Å². The number of hydrogen-bond donors (Lipinski definition) is 0. The summed E-state index contributed by atoms with van der Waals surface area (Å²) in [5.74, 6) is -0.568. The highest BCUT2D eigenvalue weighted by Crippen LogP contribution is 1.96. The third-order valence-corrected chi connectivity index (χ3v) is 2.64. The number of pyridine rings is 1. The molecule has 0 radical (unpaired) electrons. The highest BCUT2D eigenvalue weighted by molar-refractivity contribution is 5.78. The monoisotopic (exact) mass is 272 g/mol. The molecular formula is C11H8N6O3. The van der Waals surface area contributed by atoms with Crippen molar-refractivity contribution < 1.29 is 9.59 Å². The molecule has 0 spiro atoms. The predicted octanol–water partition coefficient (Wildman–Crippen LogP) is -0.760. The van der Waals surface area contributed by atoms with E-state index in [0.717, 1.165) is 4.68 Å². The van der Waals surface area contributed by atoms with Gasteiger partial charge in [-0.3, -0.25) is 9.59 Å². The zero-order chi connectivity index (χ0) is 14.1. The van der Waals surface area contributed by atoms with Crippen LogP contribution < -0.4 is 5.69 Å². The van der Waals surface area contributed by atoms with Crippen LogP contribution in [0.15, 0.2) is 35.4 Å². The van der Waals surface area contributed by atoms with Crippen LogP contribution >= 0.6 is 0 Å². The van der Waals surface area contributed by atoms with Crippen LogP contribution in [0.3, 0.4) is 0 Å². The Morgan fingerprint density at radius 3 is 2.90 bits per heavy atom. The first-order valence-corrected chi connectivity index (χ1v) is 5.64. The highest BCUT2D eigenvalue weighted by Gasteiger charge is 2.14. The summed E-state index contributed by atoms with van der Waals surface area (Å²) in [6.45, 7) is -0.232. The van der Waals surface area contributed by atoms with E-state index in [4.69, 9.17) is 0 Å². The van der Waals surface area contributed by atoms with E-state index < -0.39 is 11.6 Å². The van der Waals surface area contributed by atoms with E-state index in [0.29, 0.717) is 11.9 Å². The highest BCUT2D eigenvalue weighted by atomic mass is 16.2. The molecule has 0 aliphatic heterocycles. The van der Waals surface area contributed by atoms with Crippen molar-refractivity contribution in [2.75, 3.05) is 0 Å². The molecule has 0 fully saturated rings. The lowest BCUT2D eigenvalue weighted by molar-refractivity contribution is 0.0864. The Morgan fingerprint density at radius 2 is 2.20 bits per heavy atom. The lowest BCUT2D eigenvalue weighted by atomic mass is 10.5. The first-order valence-electron chi connectivity index (χ1n) is 5.64. The largest absolute Gasteiger partial charge is 0.357 e. The van der Waals surface area contributed by atoms with Gasteiger partial charge in [0, 0.05) is 6.20 Å². The normalized spacial score (nSPS) is 10.8. The van der Waals surface area contributed by atoms with Crippen LogP contribution in [0, 0.1) is 0 Å². The van der Waals surface area contributed by atoms with Crippen LogP contribution in [-0.4, -0.2) is 41.4 Å². The van der Waals surface area contributed by atoms with Crippen molar-refractivity contribution >= 4 is 17.8 Å². The number of carbonyl (C=O) groups excluding carboxylic acids is 2. The van der Waals surface area contributed by atoms with Gasteiger partial charge in [-0.05, 0) is 12.1 Å². The van der Waals surface area contributed by atoms with Gasteiger partial charge in [0.05, 0.1) is 6.20 Å². The van der Waals surface area contributed by atoms with Crippen molar-refractivity contribution in [2.24, 2.45) is 0 Å². The van der Waals surface area contributed by atoms with Gasteiger partial charge >= 0.3 is 5.69 Å². The molecule has 9 heteroatoms. The fraction of sp³-hybridized carbons (Fsp3) is 0.0909. The van der Waals surface area contributed by atoms with Crippen molar-refractivity contribution in [1.29, 1.82) is 0 Å². The van der Waals surface area contributed by atoms with E-state index >= 15 is 0 Å². The molecule has 0 saturated carbocycles. The molecular weight excluding hydrogens is 264 g/mol. The van der Waals surface area contributed by atoms with Crippen molar-refractivity contribution in [3.63, 3.8) is 0 Å². The van der Waals surface area contributed by atoms with Gasteiger partial charge < -0.3 is 0 Å². The van der Waals surface area contributed by atoms with Gasteiger partial charge in [-0.1, -0.05) is 11.3 Å². The van der Waals surface area contributed by atoms with Crippen LogP contribution in [0.25, 0.3) is 5.65 Å². The lowest BCUT2D eigenvalue weighted by Crippen LogP contribution is -2.30. The smallest absolute Gasteiger partial charge is 0.296 e. The molecule has 20 heavy (non-hydrogen) atoms. The summed E-state index contributed by atoms with van der Waals surface area (Å²) < 4.78 is 3.19. The Labute approximate surface area is 111 Å². The van der Waals surface area contributed by atoms with Crippen LogP contribution in [0.5, 0.6) is 0 Å². The van der Waals surface area contributed by atoms with Crippen LogP contribution in [-0.2, 0) is 6.54 Å². The minimum atomic E-state index is -0.568. The SMILES string of the molecule is O=Cc1cn(CC(=O)n2nc3ccccn3c2=O)nn1. The summed E-state index contributed by atoms with van der Waals surface area (Å²) in [7, 11) is 0. The van der Waals surface area contributed by atoms with Gasteiger partial charge in [-0.25, -0.2) is 13.9 Å². The molecule has 9 nitrogen and oxygen atoms in total. The summed E-state index contributed by atoms with van der Waals surface area (Å²) in [4.78, 5) is 34.5. The maximum Gasteiger partial charge on any atom is 0.357 e. The van der Waals surface area contributed by atoms with E-state index in [1.165, 1.54) is 21.5 Å². The number of carbonyl (C=O) groups is 2. The van der Waals surface area contributed by atoms with E-state index in [1.54, 1.807) is 18.2 Å². The molecule has 0 atom stereocenters. The molecule has 0 saturated heterocycles. The van der Waals surface area contributed by atoms with Crippen LogP contribution in [0.4, 0.5) is 0 Å². The summed E-state index contributed by atoms with van der Waals surface area (Å²) >= 11 is 0. The molecule has 3 aromatic rings. The van der Waals surface area contributed by atoms with E-state index in [2.05, 4.69) is 15.4 Å². The molecule has 0 unspecified atom stereocenters. The Kier molecular flexibility index (Phi) is 2.71. The predicted molar refractivity (Wildman–Crippen MR) is 65.5 cm³/mol. The number of rotatable bonds is 3. The molecule has 0 aromatic carbocycles. The fourth-order valence-corrected chi connectivity index (χ4v) is 1.74. The maximum atomic E-state index is 12.0. The quantitative estimate of drug-likeness (QED) is 0.580. The second kappa shape index (κ2) is 4.53. The average molecular weight is 272 g/mol. The summed E-state index contributed by atoms with van der Waals surface area (Å²) in [5.41, 5.74) is -0.0699. The molecule has 0 N–H and O–H groups in total. The topological polar surface area (TPSA) is 104 Å². The van der Waals surface area contributed by atoms with E-state index in [1.807, 2.05) is 0 Å². The van der Waals surface area contributed by atoms with Crippen LogP contribution in [0.1, 0.15) is 15.3 Å². The Bertz CT molecular complexity index is 858. The van der Waals surface area contributed by atoms with Crippen molar-refractivity contribution in [3.8, 4) is 0 Å². The van der Waals surface area contributed by atoms with Gasteiger partial charge in [0.15, 0.2) is 11.9 Å². The second-order valence-electron chi connectivity index (χ2n) is 3.98. The zero-order valence-electron chi connectivity index (χ0n) is 10.1. The van der Waals surface area contributed by atoms with Gasteiger partial charge in [0.1, 0.15) is 12.2 Å². The summed E-state index contributed by atoms with van der Waals surface area (Å²) in [5, 5.41) is 11.0. The Balaban J connectivity index is 1.94. The minimum absolute atomic E-state index is 0.111. The summed E-state index contributed by atoms with van der Waals surface area (Å²) in [6, 6.07) is 4.99. The van der Waals surface area contributed by atoms with Crippen molar-refractivity contribution in [3.05, 3.63) is 46.8 Å². The van der Waals surface area contributed by atoms with Crippen molar-refractivity contribution in [2.45, 2.75) is 6.54 Å². The van der Waals surface area contributed by atoms with Gasteiger partial charge in [-0.2, -0.15) is 0 Å². The first kappa shape index (κ1) is 12.0. The molecule has 3 heterocycles. The third kappa shape index (κ3) is 1.90. The third-order valence-electron chi connectivity index (χ3n) is 2.64. The Morgan fingerprint density at radius 1 is 1.35 bits per heavy atom. The molecule has 3 rings (SSSR count). The van der Waals surface area contributed by atoms with Crippen molar-refractivity contribution in [1.82, 2.24) is 29.2 Å². The number of aldehydes is 1. The molecule has 0 bridgehead atoms.